The molecule has 0 saturated carbocycles. The van der Waals surface area contributed by atoms with Gasteiger partial charge in [-0.05, 0) is 26.0 Å². The molecule has 1 N–H and O–H groups in total. The Morgan fingerprint density at radius 1 is 1.31 bits per heavy atom. The molecule has 170 valence electrons. The number of rotatable bonds is 4. The van der Waals surface area contributed by atoms with Crippen LogP contribution < -0.4 is 4.74 Å². The second-order valence-electron chi connectivity index (χ2n) is 7.43. The fourth-order valence-electron chi connectivity index (χ4n) is 3.48. The average Bonchev–Trinajstić information content (AvgIpc) is 3.28. The zero-order chi connectivity index (χ0) is 23.4. The van der Waals surface area contributed by atoms with Gasteiger partial charge < -0.3 is 14.7 Å². The van der Waals surface area contributed by atoms with Crippen molar-refractivity contribution < 1.29 is 32.2 Å². The summed E-state index contributed by atoms with van der Waals surface area (Å²) in [5.74, 6) is -1.78. The van der Waals surface area contributed by atoms with Crippen molar-refractivity contribution in [2.75, 3.05) is 6.61 Å². The fourth-order valence-corrected chi connectivity index (χ4v) is 3.61. The standard InChI is InChI=1S/C20H17ClF4N4O3/c1-9-17(21)10(2)29-18(26-9)13-6-28(7-14(13)27-29)19(31)12-4-3-11(22)5-15(12)32-8-16(30)20(23,24)25/h3-5,16,30H,6-8H2,1-2H3/t16-/m1/s1. The van der Waals surface area contributed by atoms with E-state index >= 15 is 0 Å². The molecule has 4 rings (SSSR count). The second-order valence-corrected chi connectivity index (χ2v) is 7.81. The lowest BCUT2D eigenvalue weighted by atomic mass is 10.1. The van der Waals surface area contributed by atoms with Gasteiger partial charge in [-0.3, -0.25) is 4.79 Å². The number of benzene rings is 1. The summed E-state index contributed by atoms with van der Waals surface area (Å²) in [4.78, 5) is 18.9. The number of halogens is 5. The summed E-state index contributed by atoms with van der Waals surface area (Å²) in [5, 5.41) is 14.1. The van der Waals surface area contributed by atoms with Gasteiger partial charge in [0.25, 0.3) is 5.91 Å². The number of ether oxygens (including phenoxy) is 1. The molecular formula is C20H17ClF4N4O3. The first-order valence-corrected chi connectivity index (χ1v) is 9.84. The summed E-state index contributed by atoms with van der Waals surface area (Å²) in [7, 11) is 0. The summed E-state index contributed by atoms with van der Waals surface area (Å²) in [6.45, 7) is 2.64. The SMILES string of the molecule is Cc1nc2c3c(nn2c(C)c1Cl)CN(C(=O)c1ccc(F)cc1OC[C@@H](O)C(F)(F)F)C3. The summed E-state index contributed by atoms with van der Waals surface area (Å²) in [6.07, 6.45) is -7.68. The zero-order valence-electron chi connectivity index (χ0n) is 16.9. The van der Waals surface area contributed by atoms with Gasteiger partial charge in [0.15, 0.2) is 11.8 Å². The lowest BCUT2D eigenvalue weighted by Crippen LogP contribution is -2.34. The maximum absolute atomic E-state index is 13.7. The molecule has 0 spiro atoms. The molecule has 1 atom stereocenters. The van der Waals surface area contributed by atoms with Gasteiger partial charge in [0.05, 0.1) is 40.8 Å². The van der Waals surface area contributed by atoms with Crippen LogP contribution in [0.3, 0.4) is 0 Å². The van der Waals surface area contributed by atoms with E-state index in [1.165, 1.54) is 4.90 Å². The van der Waals surface area contributed by atoms with Crippen LogP contribution in [0, 0.1) is 19.7 Å². The predicted octanol–water partition coefficient (Wildman–Crippen LogP) is 3.60. The summed E-state index contributed by atoms with van der Waals surface area (Å²) in [5.41, 5.74) is 3.07. The van der Waals surface area contributed by atoms with E-state index in [-0.39, 0.29) is 18.7 Å². The minimum absolute atomic E-state index is 0.121. The van der Waals surface area contributed by atoms with Crippen molar-refractivity contribution >= 4 is 23.2 Å². The van der Waals surface area contributed by atoms with Crippen LogP contribution >= 0.6 is 11.6 Å². The number of aliphatic hydroxyl groups is 1. The highest BCUT2D eigenvalue weighted by atomic mass is 35.5. The Labute approximate surface area is 184 Å². The van der Waals surface area contributed by atoms with Gasteiger partial charge in [-0.15, -0.1) is 0 Å². The molecule has 0 unspecified atom stereocenters. The number of aliphatic hydroxyl groups excluding tert-OH is 1. The van der Waals surface area contributed by atoms with Gasteiger partial charge in [0, 0.05) is 11.6 Å². The molecule has 3 heterocycles. The predicted molar refractivity (Wildman–Crippen MR) is 105 cm³/mol. The van der Waals surface area contributed by atoms with Crippen LogP contribution in [0.2, 0.25) is 5.02 Å². The number of amides is 1. The minimum atomic E-state index is -4.91. The van der Waals surface area contributed by atoms with E-state index in [0.29, 0.717) is 27.8 Å². The molecule has 0 fully saturated rings. The largest absolute Gasteiger partial charge is 0.490 e. The van der Waals surface area contributed by atoms with Gasteiger partial charge in [-0.25, -0.2) is 13.9 Å². The van der Waals surface area contributed by atoms with Gasteiger partial charge in [0.2, 0.25) is 0 Å². The number of fused-ring (bicyclic) bond motifs is 3. The van der Waals surface area contributed by atoms with E-state index in [2.05, 4.69) is 10.1 Å². The molecule has 0 bridgehead atoms. The number of carbonyl (C=O) groups excluding carboxylic acids is 1. The third-order valence-corrected chi connectivity index (χ3v) is 5.74. The monoisotopic (exact) mass is 472 g/mol. The average molecular weight is 473 g/mol. The Bertz CT molecular complexity index is 1230. The number of nitrogens with zero attached hydrogens (tertiary/aromatic N) is 4. The van der Waals surface area contributed by atoms with E-state index in [1.54, 1.807) is 18.4 Å². The van der Waals surface area contributed by atoms with Crippen LogP contribution in [0.25, 0.3) is 5.65 Å². The number of aryl methyl sites for hydroxylation is 2. The molecule has 0 saturated heterocycles. The minimum Gasteiger partial charge on any atom is -0.490 e. The Kier molecular flexibility index (Phi) is 5.49. The molecule has 7 nitrogen and oxygen atoms in total. The van der Waals surface area contributed by atoms with Crippen molar-refractivity contribution in [2.24, 2.45) is 0 Å². The van der Waals surface area contributed by atoms with Crippen LogP contribution in [0.1, 0.15) is 33.0 Å². The van der Waals surface area contributed by atoms with Crippen LogP contribution in [0.5, 0.6) is 5.75 Å². The zero-order valence-corrected chi connectivity index (χ0v) is 17.6. The lowest BCUT2D eigenvalue weighted by molar-refractivity contribution is -0.210. The topological polar surface area (TPSA) is 80.0 Å². The van der Waals surface area contributed by atoms with Crippen LogP contribution in [-0.4, -0.2) is 49.4 Å². The van der Waals surface area contributed by atoms with Gasteiger partial charge in [0.1, 0.15) is 18.2 Å². The molecule has 1 aliphatic heterocycles. The Morgan fingerprint density at radius 3 is 2.72 bits per heavy atom. The second kappa shape index (κ2) is 7.89. The van der Waals surface area contributed by atoms with Gasteiger partial charge in [-0.2, -0.15) is 18.3 Å². The van der Waals surface area contributed by atoms with E-state index in [4.69, 9.17) is 21.4 Å². The third-order valence-electron chi connectivity index (χ3n) is 5.19. The first kappa shape index (κ1) is 22.3. The molecule has 12 heteroatoms. The smallest absolute Gasteiger partial charge is 0.417 e. The molecule has 32 heavy (non-hydrogen) atoms. The third kappa shape index (κ3) is 3.86. The van der Waals surface area contributed by atoms with E-state index in [0.717, 1.165) is 23.8 Å². The molecular weight excluding hydrogens is 456 g/mol. The first-order valence-electron chi connectivity index (χ1n) is 9.47. The van der Waals surface area contributed by atoms with Crippen molar-refractivity contribution in [2.45, 2.75) is 39.2 Å². The maximum Gasteiger partial charge on any atom is 0.417 e. The summed E-state index contributed by atoms with van der Waals surface area (Å²) in [6, 6.07) is 2.94. The van der Waals surface area contributed by atoms with E-state index in [1.807, 2.05) is 0 Å². The molecule has 1 aromatic carbocycles. The quantitative estimate of drug-likeness (QED) is 0.587. The van der Waals surface area contributed by atoms with Gasteiger partial charge >= 0.3 is 6.18 Å². The molecule has 1 aliphatic rings. The number of carbonyl (C=O) groups is 1. The van der Waals surface area contributed by atoms with E-state index in [9.17, 15) is 22.4 Å². The van der Waals surface area contributed by atoms with Crippen LogP contribution in [0.15, 0.2) is 18.2 Å². The highest BCUT2D eigenvalue weighted by Crippen LogP contribution is 2.32. The van der Waals surface area contributed by atoms with Crippen molar-refractivity contribution in [1.29, 1.82) is 0 Å². The van der Waals surface area contributed by atoms with E-state index < -0.39 is 36.4 Å². The van der Waals surface area contributed by atoms with Crippen molar-refractivity contribution in [1.82, 2.24) is 19.5 Å². The summed E-state index contributed by atoms with van der Waals surface area (Å²) >= 11 is 6.23. The number of alkyl halides is 3. The fraction of sp³-hybridized carbons (Fsp3) is 0.350. The van der Waals surface area contributed by atoms with Crippen molar-refractivity contribution in [3.05, 3.63) is 57.2 Å². The number of hydrogen-bond donors (Lipinski definition) is 1. The first-order chi connectivity index (χ1) is 15.0. The highest BCUT2D eigenvalue weighted by molar-refractivity contribution is 6.31. The van der Waals surface area contributed by atoms with Crippen molar-refractivity contribution in [3.8, 4) is 5.75 Å². The lowest BCUT2D eigenvalue weighted by Gasteiger charge is -2.20. The molecule has 2 aromatic heterocycles. The van der Waals surface area contributed by atoms with Gasteiger partial charge in [-0.1, -0.05) is 11.6 Å². The number of hydrogen-bond acceptors (Lipinski definition) is 5. The van der Waals surface area contributed by atoms with Crippen LogP contribution in [-0.2, 0) is 13.1 Å². The molecule has 3 aromatic rings. The highest BCUT2D eigenvalue weighted by Gasteiger charge is 2.39. The van der Waals surface area contributed by atoms with Crippen molar-refractivity contribution in [3.63, 3.8) is 0 Å². The van der Waals surface area contributed by atoms with Crippen LogP contribution in [0.4, 0.5) is 17.6 Å². The summed E-state index contributed by atoms with van der Waals surface area (Å²) < 4.78 is 57.9. The number of aromatic nitrogens is 3. The molecule has 0 aliphatic carbocycles. The molecule has 1 amide bonds. The Hall–Kier alpha value is -2.92. The normalized spacial score (nSPS) is 14.7. The Balaban J connectivity index is 1.60. The maximum atomic E-state index is 13.7. The molecule has 0 radical (unpaired) electrons. The Morgan fingerprint density at radius 2 is 2.03 bits per heavy atom.